The molecule has 1 aliphatic rings. The quantitative estimate of drug-likeness (QED) is 0.659. The van der Waals surface area contributed by atoms with Gasteiger partial charge in [0.1, 0.15) is 0 Å². The van der Waals surface area contributed by atoms with Gasteiger partial charge in [0.05, 0.1) is 29.6 Å². The topological polar surface area (TPSA) is 66.7 Å². The van der Waals surface area contributed by atoms with E-state index in [4.69, 9.17) is 12.3 Å². The molecule has 1 fully saturated rings. The van der Waals surface area contributed by atoms with E-state index in [1.807, 2.05) is 32.0 Å². The smallest absolute Gasteiger partial charge is 0.197 e. The van der Waals surface area contributed by atoms with Crippen molar-refractivity contribution in [2.75, 3.05) is 17.2 Å². The molecule has 3 rings (SSSR count). The van der Waals surface area contributed by atoms with Gasteiger partial charge in [0.15, 0.2) is 5.69 Å². The number of benzene rings is 1. The summed E-state index contributed by atoms with van der Waals surface area (Å²) >= 11 is 0. The molecule has 2 heterocycles. The maximum atomic E-state index is 10.6. The van der Waals surface area contributed by atoms with Crippen LogP contribution in [0.4, 0.5) is 17.1 Å². The van der Waals surface area contributed by atoms with Crippen LogP contribution in [0.2, 0.25) is 0 Å². The van der Waals surface area contributed by atoms with E-state index in [2.05, 4.69) is 21.7 Å². The van der Waals surface area contributed by atoms with Gasteiger partial charge in [0, 0.05) is 24.5 Å². The van der Waals surface area contributed by atoms with Gasteiger partial charge >= 0.3 is 0 Å². The highest BCUT2D eigenvalue weighted by Crippen LogP contribution is 2.40. The van der Waals surface area contributed by atoms with Crippen molar-refractivity contribution in [1.29, 1.82) is 0 Å². The summed E-state index contributed by atoms with van der Waals surface area (Å²) in [7, 11) is 0. The zero-order valence-electron chi connectivity index (χ0n) is 14.9. The molecule has 5 heteroatoms. The molecule has 2 atom stereocenters. The highest BCUT2D eigenvalue weighted by Gasteiger charge is 2.39. The van der Waals surface area contributed by atoms with Gasteiger partial charge in [-0.1, -0.05) is 13.0 Å². The third-order valence-corrected chi connectivity index (χ3v) is 4.90. The zero-order chi connectivity index (χ0) is 18.2. The molecule has 0 radical (unpaired) electrons. The van der Waals surface area contributed by atoms with E-state index in [1.54, 1.807) is 18.5 Å². The number of rotatable bonds is 3. The lowest BCUT2D eigenvalue weighted by molar-refractivity contribution is 0.0522. The SMILES string of the molecule is [C-]#[N+]c1ccncc1-c1ccc(N)c(N2C[C@@H](C)C[C@H]2C(C)(C)O)c1. The van der Waals surface area contributed by atoms with E-state index in [0.29, 0.717) is 17.3 Å². The van der Waals surface area contributed by atoms with Gasteiger partial charge in [-0.2, -0.15) is 0 Å². The van der Waals surface area contributed by atoms with E-state index in [1.165, 1.54) is 0 Å². The molecule has 2 aromatic rings. The molecule has 1 aromatic heterocycles. The standard InChI is InChI=1S/C20H24N4O/c1-13-9-19(20(2,3)25)24(12-13)18-10-14(5-6-16(18)21)15-11-23-8-7-17(15)22-4/h5-8,10-11,13,19,25H,9,12,21H2,1-3H3/t13-,19-/m0/s1. The van der Waals surface area contributed by atoms with Crippen LogP contribution in [0.25, 0.3) is 16.0 Å². The Morgan fingerprint density at radius 1 is 1.36 bits per heavy atom. The van der Waals surface area contributed by atoms with Crippen molar-refractivity contribution in [3.63, 3.8) is 0 Å². The lowest BCUT2D eigenvalue weighted by Gasteiger charge is -2.36. The predicted molar refractivity (Wildman–Crippen MR) is 102 cm³/mol. The van der Waals surface area contributed by atoms with E-state index in [-0.39, 0.29) is 6.04 Å². The van der Waals surface area contributed by atoms with Gasteiger partial charge in [-0.15, -0.1) is 0 Å². The number of hydrogen-bond donors (Lipinski definition) is 2. The summed E-state index contributed by atoms with van der Waals surface area (Å²) in [6.45, 7) is 14.1. The van der Waals surface area contributed by atoms with Crippen molar-refractivity contribution >= 4 is 17.1 Å². The summed E-state index contributed by atoms with van der Waals surface area (Å²) in [5, 5.41) is 10.6. The molecular formula is C20H24N4O. The van der Waals surface area contributed by atoms with E-state index in [0.717, 1.165) is 29.8 Å². The van der Waals surface area contributed by atoms with Crippen LogP contribution in [-0.4, -0.2) is 28.3 Å². The molecule has 130 valence electrons. The lowest BCUT2D eigenvalue weighted by Crippen LogP contribution is -2.46. The van der Waals surface area contributed by atoms with Crippen LogP contribution in [0.5, 0.6) is 0 Å². The molecule has 0 bridgehead atoms. The Kier molecular flexibility index (Phi) is 4.40. The third kappa shape index (κ3) is 3.31. The van der Waals surface area contributed by atoms with E-state index < -0.39 is 5.60 Å². The number of aromatic nitrogens is 1. The zero-order valence-corrected chi connectivity index (χ0v) is 14.9. The average Bonchev–Trinajstić information content (AvgIpc) is 2.97. The second kappa shape index (κ2) is 6.38. The molecule has 0 spiro atoms. The number of aliphatic hydroxyl groups is 1. The number of nitrogens with two attached hydrogens (primary N) is 1. The van der Waals surface area contributed by atoms with Crippen molar-refractivity contribution in [3.8, 4) is 11.1 Å². The fourth-order valence-corrected chi connectivity index (χ4v) is 3.65. The fraction of sp³-hybridized carbons (Fsp3) is 0.400. The van der Waals surface area contributed by atoms with Crippen molar-refractivity contribution in [2.24, 2.45) is 5.92 Å². The summed E-state index contributed by atoms with van der Waals surface area (Å²) in [6.07, 6.45) is 4.26. The highest BCUT2D eigenvalue weighted by atomic mass is 16.3. The molecule has 0 unspecified atom stereocenters. The maximum absolute atomic E-state index is 10.6. The van der Waals surface area contributed by atoms with Crippen LogP contribution in [0.3, 0.4) is 0 Å². The minimum absolute atomic E-state index is 0.00859. The Balaban J connectivity index is 2.07. The molecule has 1 aliphatic heterocycles. The summed E-state index contributed by atoms with van der Waals surface area (Å²) in [5.41, 5.74) is 9.33. The van der Waals surface area contributed by atoms with Crippen LogP contribution in [0, 0.1) is 12.5 Å². The number of nitrogens with zero attached hydrogens (tertiary/aromatic N) is 3. The summed E-state index contributed by atoms with van der Waals surface area (Å²) in [5.74, 6) is 0.483. The number of nitrogen functional groups attached to an aromatic ring is 1. The van der Waals surface area contributed by atoms with Gasteiger partial charge < -0.3 is 15.7 Å². The van der Waals surface area contributed by atoms with Crippen molar-refractivity contribution < 1.29 is 5.11 Å². The number of pyridine rings is 1. The van der Waals surface area contributed by atoms with Gasteiger partial charge in [-0.25, -0.2) is 4.85 Å². The van der Waals surface area contributed by atoms with Crippen molar-refractivity contribution in [3.05, 3.63) is 48.1 Å². The van der Waals surface area contributed by atoms with Gasteiger partial charge in [0.2, 0.25) is 0 Å². The van der Waals surface area contributed by atoms with Gasteiger partial charge in [0.25, 0.3) is 0 Å². The van der Waals surface area contributed by atoms with Gasteiger partial charge in [-0.05, 0) is 49.9 Å². The summed E-state index contributed by atoms with van der Waals surface area (Å²) < 4.78 is 0. The lowest BCUT2D eigenvalue weighted by atomic mass is 9.93. The van der Waals surface area contributed by atoms with Crippen LogP contribution in [0.1, 0.15) is 27.2 Å². The van der Waals surface area contributed by atoms with Crippen LogP contribution in [0.15, 0.2) is 36.7 Å². The Morgan fingerprint density at radius 2 is 2.12 bits per heavy atom. The van der Waals surface area contributed by atoms with Crippen LogP contribution < -0.4 is 10.6 Å². The second-order valence-electron chi connectivity index (χ2n) is 7.44. The first-order chi connectivity index (χ1) is 11.8. The first-order valence-corrected chi connectivity index (χ1v) is 8.51. The molecule has 3 N–H and O–H groups in total. The molecule has 0 saturated carbocycles. The molecule has 0 amide bonds. The largest absolute Gasteiger partial charge is 0.397 e. The number of hydrogen-bond acceptors (Lipinski definition) is 4. The van der Waals surface area contributed by atoms with E-state index in [9.17, 15) is 5.11 Å². The molecule has 1 aromatic carbocycles. The molecule has 1 saturated heterocycles. The average molecular weight is 336 g/mol. The Hall–Kier alpha value is -2.58. The second-order valence-corrected chi connectivity index (χ2v) is 7.44. The molecular weight excluding hydrogens is 312 g/mol. The maximum Gasteiger partial charge on any atom is 0.197 e. The third-order valence-electron chi connectivity index (χ3n) is 4.90. The van der Waals surface area contributed by atoms with Gasteiger partial charge in [-0.3, -0.25) is 4.98 Å². The first kappa shape index (κ1) is 17.2. The predicted octanol–water partition coefficient (Wildman–Crippen LogP) is 3.87. The normalized spacial score (nSPS) is 20.5. The van der Waals surface area contributed by atoms with Crippen molar-refractivity contribution in [1.82, 2.24) is 4.98 Å². The highest BCUT2D eigenvalue weighted by molar-refractivity contribution is 5.83. The Bertz CT molecular complexity index is 819. The first-order valence-electron chi connectivity index (χ1n) is 8.51. The fourth-order valence-electron chi connectivity index (χ4n) is 3.65. The molecule has 5 nitrogen and oxygen atoms in total. The van der Waals surface area contributed by atoms with Crippen molar-refractivity contribution in [2.45, 2.75) is 38.8 Å². The molecule has 0 aliphatic carbocycles. The van der Waals surface area contributed by atoms with Crippen LogP contribution in [-0.2, 0) is 0 Å². The van der Waals surface area contributed by atoms with Crippen LogP contribution >= 0.6 is 0 Å². The Morgan fingerprint density at radius 3 is 2.80 bits per heavy atom. The monoisotopic (exact) mass is 336 g/mol. The summed E-state index contributed by atoms with van der Waals surface area (Å²) in [4.78, 5) is 9.95. The minimum atomic E-state index is -0.816. The molecule has 25 heavy (non-hydrogen) atoms. The number of anilines is 2. The minimum Gasteiger partial charge on any atom is -0.397 e. The van der Waals surface area contributed by atoms with E-state index >= 15 is 0 Å². The summed E-state index contributed by atoms with van der Waals surface area (Å²) in [6, 6.07) is 7.53. The Labute approximate surface area is 148 Å².